The Morgan fingerprint density at radius 3 is 2.58 bits per heavy atom. The third kappa shape index (κ3) is 7.37. The molecule has 1 aromatic rings. The zero-order valence-electron chi connectivity index (χ0n) is 16.2. The van der Waals surface area contributed by atoms with E-state index in [9.17, 15) is 0 Å². The first-order valence-corrected chi connectivity index (χ1v) is 9.29. The van der Waals surface area contributed by atoms with Crippen LogP contribution in [0.5, 0.6) is 0 Å². The fourth-order valence-electron chi connectivity index (χ4n) is 2.65. The van der Waals surface area contributed by atoms with Crippen molar-refractivity contribution in [3.05, 3.63) is 41.7 Å². The van der Waals surface area contributed by atoms with E-state index in [1.165, 1.54) is 5.56 Å². The minimum absolute atomic E-state index is 0.276. The average molecular weight is 358 g/mol. The molecule has 1 aliphatic heterocycles. The maximum atomic E-state index is 6.07. The van der Waals surface area contributed by atoms with Crippen LogP contribution in [0.4, 0.5) is 5.69 Å². The maximum absolute atomic E-state index is 6.07. The zero-order chi connectivity index (χ0) is 18.8. The lowest BCUT2D eigenvalue weighted by molar-refractivity contribution is 0.0452. The molecule has 6 nitrogen and oxygen atoms in total. The van der Waals surface area contributed by atoms with Gasteiger partial charge in [0.25, 0.3) is 0 Å². The van der Waals surface area contributed by atoms with Gasteiger partial charge in [-0.05, 0) is 38.5 Å². The van der Waals surface area contributed by atoms with Crippen LogP contribution in [-0.4, -0.2) is 49.4 Å². The van der Waals surface area contributed by atoms with E-state index >= 15 is 0 Å². The second-order valence-electron chi connectivity index (χ2n) is 6.57. The molecule has 1 saturated heterocycles. The first-order valence-electron chi connectivity index (χ1n) is 9.29. The van der Waals surface area contributed by atoms with Gasteiger partial charge in [-0.3, -0.25) is 4.90 Å². The zero-order valence-corrected chi connectivity index (χ0v) is 16.2. The molecule has 1 heterocycles. The number of unbranched alkanes of at least 4 members (excludes halogenated alkanes) is 1. The van der Waals surface area contributed by atoms with Crippen molar-refractivity contribution in [2.24, 2.45) is 15.7 Å². The first-order chi connectivity index (χ1) is 12.6. The number of benzene rings is 1. The van der Waals surface area contributed by atoms with Gasteiger partial charge < -0.3 is 15.8 Å². The van der Waals surface area contributed by atoms with Gasteiger partial charge >= 0.3 is 0 Å². The number of nitrogens with one attached hydrogen (secondary N) is 1. The molecule has 0 bridgehead atoms. The highest BCUT2D eigenvalue weighted by atomic mass is 16.5. The summed E-state index contributed by atoms with van der Waals surface area (Å²) in [4.78, 5) is 11.2. The van der Waals surface area contributed by atoms with Crippen LogP contribution in [0.25, 0.3) is 0 Å². The Hall–Kier alpha value is -2.18. The molecule has 6 heteroatoms. The molecule has 1 aromatic carbocycles. The fourth-order valence-corrected chi connectivity index (χ4v) is 2.65. The molecule has 1 aliphatic rings. The Labute approximate surface area is 156 Å². The molecular weight excluding hydrogens is 326 g/mol. The van der Waals surface area contributed by atoms with Gasteiger partial charge in [-0.1, -0.05) is 31.0 Å². The lowest BCUT2D eigenvalue weighted by Gasteiger charge is -2.26. The van der Waals surface area contributed by atoms with Crippen molar-refractivity contribution in [1.82, 2.24) is 4.90 Å². The number of aryl methyl sites for hydroxylation is 1. The van der Waals surface area contributed by atoms with Crippen LogP contribution in [-0.2, 0) is 4.74 Å². The Morgan fingerprint density at radius 1 is 1.23 bits per heavy atom. The van der Waals surface area contributed by atoms with Gasteiger partial charge in [-0.15, -0.1) is 0 Å². The summed E-state index contributed by atoms with van der Waals surface area (Å²) in [6.07, 6.45) is 4.04. The monoisotopic (exact) mass is 357 g/mol. The molecule has 142 valence electrons. The van der Waals surface area contributed by atoms with Crippen LogP contribution in [0.3, 0.4) is 0 Å². The molecule has 0 amide bonds. The SMILES string of the molecule is CCC/C=C(/N=C(N)\N=C(/C)CN1CCOCC1)Nc1ccc(C)cc1. The largest absolute Gasteiger partial charge is 0.379 e. The molecule has 3 N–H and O–H groups in total. The van der Waals surface area contributed by atoms with E-state index in [1.54, 1.807) is 0 Å². The highest BCUT2D eigenvalue weighted by Crippen LogP contribution is 2.13. The third-order valence-electron chi connectivity index (χ3n) is 4.05. The van der Waals surface area contributed by atoms with E-state index in [1.807, 2.05) is 19.1 Å². The minimum Gasteiger partial charge on any atom is -0.379 e. The number of hydrogen-bond donors (Lipinski definition) is 2. The molecule has 0 radical (unpaired) electrons. The Bertz CT molecular complexity index is 643. The number of guanidine groups is 1. The highest BCUT2D eigenvalue weighted by Gasteiger charge is 2.11. The van der Waals surface area contributed by atoms with Crippen molar-refractivity contribution >= 4 is 17.4 Å². The van der Waals surface area contributed by atoms with Crippen LogP contribution in [0, 0.1) is 6.92 Å². The van der Waals surface area contributed by atoms with E-state index in [-0.39, 0.29) is 5.96 Å². The van der Waals surface area contributed by atoms with Crippen molar-refractivity contribution in [3.8, 4) is 0 Å². The standard InChI is InChI=1S/C20H31N5O/c1-4-5-6-19(23-18-9-7-16(2)8-10-18)24-20(21)22-17(3)15-25-11-13-26-14-12-25/h6-10,23H,4-5,11-15H2,1-3H3,(H2,21,24)/b19-6+,22-17+. The Balaban J connectivity index is 2.03. The quantitative estimate of drug-likeness (QED) is 0.581. The maximum Gasteiger partial charge on any atom is 0.221 e. The average Bonchev–Trinajstić information content (AvgIpc) is 2.62. The Morgan fingerprint density at radius 2 is 1.92 bits per heavy atom. The predicted octanol–water partition coefficient (Wildman–Crippen LogP) is 3.16. The number of rotatable bonds is 7. The van der Waals surface area contributed by atoms with Gasteiger partial charge in [0.05, 0.1) is 13.2 Å². The summed E-state index contributed by atoms with van der Waals surface area (Å²) in [6.45, 7) is 10.4. The first kappa shape index (κ1) is 20.1. The fraction of sp³-hybridized carbons (Fsp3) is 0.500. The number of anilines is 1. The molecule has 0 aliphatic carbocycles. The number of allylic oxidation sites excluding steroid dienone is 1. The molecule has 0 aromatic heterocycles. The van der Waals surface area contributed by atoms with Crippen LogP contribution >= 0.6 is 0 Å². The van der Waals surface area contributed by atoms with Crippen LogP contribution < -0.4 is 11.1 Å². The Kier molecular flexibility index (Phi) is 8.31. The number of morpholine rings is 1. The van der Waals surface area contributed by atoms with Gasteiger partial charge in [-0.25, -0.2) is 4.99 Å². The lowest BCUT2D eigenvalue weighted by Crippen LogP contribution is -2.39. The molecule has 2 rings (SSSR count). The van der Waals surface area contributed by atoms with Crippen molar-refractivity contribution in [3.63, 3.8) is 0 Å². The van der Waals surface area contributed by atoms with Crippen molar-refractivity contribution in [2.75, 3.05) is 38.2 Å². The van der Waals surface area contributed by atoms with Crippen LogP contribution in [0.15, 0.2) is 46.1 Å². The van der Waals surface area contributed by atoms with Gasteiger partial charge in [0.15, 0.2) is 0 Å². The number of hydrogen-bond acceptors (Lipinski definition) is 4. The normalized spacial score (nSPS) is 17.4. The van der Waals surface area contributed by atoms with E-state index in [2.05, 4.69) is 52.3 Å². The summed E-state index contributed by atoms with van der Waals surface area (Å²) in [5.41, 5.74) is 9.24. The summed E-state index contributed by atoms with van der Waals surface area (Å²) < 4.78 is 5.37. The number of nitrogens with two attached hydrogens (primary N) is 1. The van der Waals surface area contributed by atoms with Gasteiger partial charge in [0.2, 0.25) is 5.96 Å². The van der Waals surface area contributed by atoms with Crippen molar-refractivity contribution in [1.29, 1.82) is 0 Å². The van der Waals surface area contributed by atoms with Crippen LogP contribution in [0.1, 0.15) is 32.3 Å². The van der Waals surface area contributed by atoms with Gasteiger partial charge in [0, 0.05) is 31.0 Å². The third-order valence-corrected chi connectivity index (χ3v) is 4.05. The smallest absolute Gasteiger partial charge is 0.221 e. The van der Waals surface area contributed by atoms with E-state index in [0.717, 1.165) is 62.9 Å². The number of aliphatic imine (C=N–C) groups is 2. The number of ether oxygens (including phenoxy) is 1. The summed E-state index contributed by atoms with van der Waals surface area (Å²) in [6, 6.07) is 8.20. The van der Waals surface area contributed by atoms with E-state index in [0.29, 0.717) is 0 Å². The molecule has 0 atom stereocenters. The summed E-state index contributed by atoms with van der Waals surface area (Å²) in [5, 5.41) is 3.32. The molecule has 0 unspecified atom stereocenters. The van der Waals surface area contributed by atoms with Crippen LogP contribution in [0.2, 0.25) is 0 Å². The summed E-state index contributed by atoms with van der Waals surface area (Å²) in [7, 11) is 0. The molecule has 26 heavy (non-hydrogen) atoms. The molecular formula is C20H31N5O. The van der Waals surface area contributed by atoms with Crippen molar-refractivity contribution < 1.29 is 4.74 Å². The molecule has 0 spiro atoms. The molecule has 0 saturated carbocycles. The second kappa shape index (κ2) is 10.7. The second-order valence-corrected chi connectivity index (χ2v) is 6.57. The highest BCUT2D eigenvalue weighted by molar-refractivity contribution is 5.96. The lowest BCUT2D eigenvalue weighted by atomic mass is 10.2. The summed E-state index contributed by atoms with van der Waals surface area (Å²) in [5.74, 6) is 1.01. The topological polar surface area (TPSA) is 75.2 Å². The van der Waals surface area contributed by atoms with Crippen molar-refractivity contribution in [2.45, 2.75) is 33.6 Å². The van der Waals surface area contributed by atoms with Gasteiger partial charge in [0.1, 0.15) is 5.82 Å². The number of nitrogens with zero attached hydrogens (tertiary/aromatic N) is 3. The minimum atomic E-state index is 0.276. The summed E-state index contributed by atoms with van der Waals surface area (Å²) >= 11 is 0. The van der Waals surface area contributed by atoms with E-state index < -0.39 is 0 Å². The van der Waals surface area contributed by atoms with E-state index in [4.69, 9.17) is 10.5 Å². The predicted molar refractivity (Wildman–Crippen MR) is 110 cm³/mol. The molecule has 1 fully saturated rings. The van der Waals surface area contributed by atoms with Gasteiger partial charge in [-0.2, -0.15) is 4.99 Å².